The summed E-state index contributed by atoms with van der Waals surface area (Å²) in [6.45, 7) is 2.76. The summed E-state index contributed by atoms with van der Waals surface area (Å²) in [6, 6.07) is 10.8. The van der Waals surface area contributed by atoms with Gasteiger partial charge in [-0.15, -0.1) is 0 Å². The van der Waals surface area contributed by atoms with E-state index in [1.54, 1.807) is 24.5 Å². The topological polar surface area (TPSA) is 49.3 Å². The van der Waals surface area contributed by atoms with E-state index in [-0.39, 0.29) is 11.2 Å². The third-order valence-corrected chi connectivity index (χ3v) is 5.43. The first kappa shape index (κ1) is 17.1. The van der Waals surface area contributed by atoms with Crippen LogP contribution in [-0.2, 0) is 0 Å². The van der Waals surface area contributed by atoms with E-state index in [1.165, 1.54) is 0 Å². The number of benzene rings is 2. The minimum atomic E-state index is -0.259. The molecule has 5 nitrogen and oxygen atoms in total. The van der Waals surface area contributed by atoms with Crippen molar-refractivity contribution in [2.45, 2.75) is 0 Å². The van der Waals surface area contributed by atoms with E-state index < -0.39 is 0 Å². The molecule has 0 radical (unpaired) electrons. The third-order valence-electron chi connectivity index (χ3n) is 5.24. The van der Waals surface area contributed by atoms with Crippen LogP contribution >= 0.6 is 11.6 Å². The highest BCUT2D eigenvalue weighted by atomic mass is 35.5. The highest BCUT2D eigenvalue weighted by Gasteiger charge is 2.21. The molecule has 0 unspecified atom stereocenters. The van der Waals surface area contributed by atoms with Crippen molar-refractivity contribution in [1.82, 2.24) is 9.97 Å². The molecule has 28 heavy (non-hydrogen) atoms. The Morgan fingerprint density at radius 1 is 0.857 bits per heavy atom. The zero-order chi connectivity index (χ0) is 19.3. The van der Waals surface area contributed by atoms with Gasteiger partial charge in [-0.1, -0.05) is 23.7 Å². The van der Waals surface area contributed by atoms with Crippen LogP contribution < -0.4 is 15.2 Å². The lowest BCUT2D eigenvalue weighted by atomic mass is 10.0. The maximum absolute atomic E-state index is 14.8. The third kappa shape index (κ3) is 2.99. The number of piperazine rings is 1. The average Bonchev–Trinajstić information content (AvgIpc) is 3.38. The standard InChI is InChI=1S/C21H16ClFN4O/c22-15-11-24-21(25-12-15)27-7-5-26(6-8-27)19-4-2-14(10-18(19)23)13-1-3-16-17(9-13)20(16)28/h1-4,9-12H,5-8H2. The molecule has 0 saturated carbocycles. The van der Waals surface area contributed by atoms with Gasteiger partial charge >= 0.3 is 0 Å². The second-order valence-electron chi connectivity index (χ2n) is 6.93. The van der Waals surface area contributed by atoms with Crippen molar-refractivity contribution >= 4 is 34.0 Å². The number of hydrogen-bond donors (Lipinski definition) is 0. The molecule has 3 aromatic carbocycles. The molecule has 0 aliphatic carbocycles. The first-order valence-corrected chi connectivity index (χ1v) is 9.44. The highest BCUT2D eigenvalue weighted by Crippen LogP contribution is 2.30. The molecule has 140 valence electrons. The molecular weight excluding hydrogens is 379 g/mol. The molecule has 0 atom stereocenters. The fourth-order valence-electron chi connectivity index (χ4n) is 3.62. The van der Waals surface area contributed by atoms with E-state index in [1.807, 2.05) is 29.2 Å². The predicted molar refractivity (Wildman–Crippen MR) is 109 cm³/mol. The molecule has 0 spiro atoms. The van der Waals surface area contributed by atoms with Gasteiger partial charge in [0.2, 0.25) is 5.95 Å². The second-order valence-corrected chi connectivity index (χ2v) is 7.37. The van der Waals surface area contributed by atoms with Crippen molar-refractivity contribution < 1.29 is 4.39 Å². The van der Waals surface area contributed by atoms with Crippen LogP contribution in [-0.4, -0.2) is 36.1 Å². The number of nitrogens with zero attached hydrogens (tertiary/aromatic N) is 4. The summed E-state index contributed by atoms with van der Waals surface area (Å²) >= 11 is 5.84. The first-order chi connectivity index (χ1) is 13.6. The molecule has 1 aromatic heterocycles. The maximum atomic E-state index is 14.8. The fourth-order valence-corrected chi connectivity index (χ4v) is 3.72. The Balaban J connectivity index is 1.32. The summed E-state index contributed by atoms with van der Waals surface area (Å²) in [5.41, 5.74) is 2.31. The van der Waals surface area contributed by atoms with Gasteiger partial charge in [0.05, 0.1) is 23.1 Å². The first-order valence-electron chi connectivity index (χ1n) is 9.06. The predicted octanol–water partition coefficient (Wildman–Crippen LogP) is 3.65. The van der Waals surface area contributed by atoms with Crippen molar-refractivity contribution in [1.29, 1.82) is 0 Å². The zero-order valence-corrected chi connectivity index (χ0v) is 15.7. The van der Waals surface area contributed by atoms with Gasteiger partial charge in [-0.2, -0.15) is 0 Å². The van der Waals surface area contributed by atoms with Crippen LogP contribution in [0.5, 0.6) is 0 Å². The Labute approximate surface area is 165 Å². The molecule has 4 aromatic rings. The Morgan fingerprint density at radius 2 is 1.50 bits per heavy atom. The zero-order valence-electron chi connectivity index (χ0n) is 14.9. The van der Waals surface area contributed by atoms with Crippen molar-refractivity contribution in [3.05, 3.63) is 69.9 Å². The van der Waals surface area contributed by atoms with Crippen LogP contribution in [0.25, 0.3) is 21.9 Å². The molecule has 5 rings (SSSR count). The summed E-state index contributed by atoms with van der Waals surface area (Å²) in [4.78, 5) is 24.1. The molecule has 0 bridgehead atoms. The molecule has 1 saturated heterocycles. The van der Waals surface area contributed by atoms with E-state index in [0.717, 1.165) is 21.9 Å². The van der Waals surface area contributed by atoms with Crippen LogP contribution in [0.2, 0.25) is 5.02 Å². The second kappa shape index (κ2) is 6.56. The minimum absolute atomic E-state index is 0.0888. The molecule has 7 heteroatoms. The number of halogens is 2. The smallest absolute Gasteiger partial charge is 0.225 e. The monoisotopic (exact) mass is 394 g/mol. The van der Waals surface area contributed by atoms with Crippen LogP contribution in [0.15, 0.2) is 53.6 Å². The molecule has 1 aliphatic heterocycles. The summed E-state index contributed by atoms with van der Waals surface area (Å²) in [6.07, 6.45) is 3.16. The highest BCUT2D eigenvalue weighted by molar-refractivity contribution is 6.30. The van der Waals surface area contributed by atoms with Gasteiger partial charge in [0.1, 0.15) is 5.82 Å². The molecule has 1 fully saturated rings. The number of rotatable bonds is 3. The summed E-state index contributed by atoms with van der Waals surface area (Å²) in [7, 11) is 0. The Kier molecular flexibility index (Phi) is 4.02. The largest absolute Gasteiger partial charge is 0.366 e. The average molecular weight is 395 g/mol. The summed E-state index contributed by atoms with van der Waals surface area (Å²) in [5, 5.41) is 2.01. The lowest BCUT2D eigenvalue weighted by Gasteiger charge is -2.36. The Morgan fingerprint density at radius 3 is 2.18 bits per heavy atom. The van der Waals surface area contributed by atoms with Crippen LogP contribution in [0.4, 0.5) is 16.0 Å². The van der Waals surface area contributed by atoms with Crippen LogP contribution in [0.1, 0.15) is 0 Å². The van der Waals surface area contributed by atoms with E-state index in [2.05, 4.69) is 14.9 Å². The summed E-state index contributed by atoms with van der Waals surface area (Å²) in [5.74, 6) is 0.379. The van der Waals surface area contributed by atoms with Gasteiger partial charge in [0, 0.05) is 37.0 Å². The van der Waals surface area contributed by atoms with Gasteiger partial charge < -0.3 is 9.80 Å². The van der Waals surface area contributed by atoms with Gasteiger partial charge in [-0.25, -0.2) is 14.4 Å². The van der Waals surface area contributed by atoms with E-state index >= 15 is 0 Å². The normalized spacial score (nSPS) is 14.9. The SMILES string of the molecule is O=c1c2ccc(-c3ccc(N4CCN(c5ncc(Cl)cn5)CC4)c(F)c3)cc12. The van der Waals surface area contributed by atoms with Gasteiger partial charge in [-0.3, -0.25) is 4.79 Å². The van der Waals surface area contributed by atoms with Crippen LogP contribution in [0, 0.1) is 5.82 Å². The quantitative estimate of drug-likeness (QED) is 0.531. The number of fused-ring (bicyclic) bond motifs is 1. The molecule has 1 aliphatic rings. The lowest BCUT2D eigenvalue weighted by molar-refractivity contribution is 0.594. The van der Waals surface area contributed by atoms with E-state index in [0.29, 0.717) is 42.8 Å². The maximum Gasteiger partial charge on any atom is 0.225 e. The van der Waals surface area contributed by atoms with Crippen LogP contribution in [0.3, 0.4) is 0 Å². The number of anilines is 2. The lowest BCUT2D eigenvalue weighted by Crippen LogP contribution is -2.47. The minimum Gasteiger partial charge on any atom is -0.366 e. The van der Waals surface area contributed by atoms with Crippen molar-refractivity contribution in [2.24, 2.45) is 0 Å². The van der Waals surface area contributed by atoms with Gasteiger partial charge in [0.15, 0.2) is 5.43 Å². The molecular formula is C21H16ClFN4O. The summed E-state index contributed by atoms with van der Waals surface area (Å²) < 4.78 is 14.8. The van der Waals surface area contributed by atoms with Crippen molar-refractivity contribution in [3.63, 3.8) is 0 Å². The van der Waals surface area contributed by atoms with Gasteiger partial charge in [-0.05, 0) is 35.4 Å². The molecule has 0 amide bonds. The van der Waals surface area contributed by atoms with E-state index in [4.69, 9.17) is 11.6 Å². The van der Waals surface area contributed by atoms with Crippen molar-refractivity contribution in [2.75, 3.05) is 36.0 Å². The van der Waals surface area contributed by atoms with Crippen molar-refractivity contribution in [3.8, 4) is 11.1 Å². The number of aromatic nitrogens is 2. The molecule has 0 N–H and O–H groups in total. The van der Waals surface area contributed by atoms with Gasteiger partial charge in [0.25, 0.3) is 0 Å². The Bertz CT molecular complexity index is 1180. The van der Waals surface area contributed by atoms with E-state index in [9.17, 15) is 9.18 Å². The molecule has 2 heterocycles. The number of hydrogen-bond acceptors (Lipinski definition) is 5. The fraction of sp³-hybridized carbons (Fsp3) is 0.190. The Hall–Kier alpha value is -2.99.